The molecule has 0 saturated carbocycles. The Kier molecular flexibility index (Phi) is 4.71. The Morgan fingerprint density at radius 3 is 1.52 bits per heavy atom. The third-order valence-corrected chi connectivity index (χ3v) is 4.19. The van der Waals surface area contributed by atoms with Crippen molar-refractivity contribution < 1.29 is 26.3 Å². The number of hydrogen-bond acceptors (Lipinski definition) is 0. The van der Waals surface area contributed by atoms with Crippen molar-refractivity contribution in [2.24, 2.45) is 5.41 Å². The summed E-state index contributed by atoms with van der Waals surface area (Å²) in [5.74, 6) is -0.425. The lowest BCUT2D eigenvalue weighted by Gasteiger charge is -2.32. The van der Waals surface area contributed by atoms with E-state index in [0.29, 0.717) is 6.42 Å². The molecule has 0 aromatic heterocycles. The van der Waals surface area contributed by atoms with Gasteiger partial charge in [-0.15, -0.1) is 0 Å². The van der Waals surface area contributed by atoms with Crippen LogP contribution in [0.3, 0.4) is 0 Å². The van der Waals surface area contributed by atoms with Gasteiger partial charge in [-0.05, 0) is 35.1 Å². The molecule has 0 N–H and O–H groups in total. The van der Waals surface area contributed by atoms with Gasteiger partial charge in [0.05, 0.1) is 11.1 Å². The van der Waals surface area contributed by atoms with Crippen molar-refractivity contribution in [3.05, 3.63) is 34.9 Å². The Morgan fingerprint density at radius 1 is 0.857 bits per heavy atom. The first-order chi connectivity index (χ1) is 9.29. The molecule has 0 fully saturated rings. The van der Waals surface area contributed by atoms with Gasteiger partial charge in [0.2, 0.25) is 0 Å². The molecule has 1 aromatic carbocycles. The van der Waals surface area contributed by atoms with Gasteiger partial charge in [0.15, 0.2) is 0 Å². The van der Waals surface area contributed by atoms with Gasteiger partial charge in [-0.3, -0.25) is 0 Å². The molecule has 0 spiro atoms. The smallest absolute Gasteiger partial charge is 0.166 e. The fourth-order valence-electron chi connectivity index (χ4n) is 1.99. The summed E-state index contributed by atoms with van der Waals surface area (Å²) in [6, 6.07) is 1.80. The van der Waals surface area contributed by atoms with Crippen LogP contribution in [0, 0.1) is 5.41 Å². The SMILES string of the molecule is CCC(C)(C)C(C)c1cc(C(F)(F)F)cc(C(F)(F)F)c1. The van der Waals surface area contributed by atoms with Crippen LogP contribution in [-0.4, -0.2) is 0 Å². The van der Waals surface area contributed by atoms with Crippen LogP contribution < -0.4 is 0 Å². The van der Waals surface area contributed by atoms with Crippen LogP contribution in [0.1, 0.15) is 56.7 Å². The second-order valence-corrected chi connectivity index (χ2v) is 5.90. The zero-order valence-corrected chi connectivity index (χ0v) is 12.3. The van der Waals surface area contributed by atoms with Crippen LogP contribution in [0.15, 0.2) is 18.2 Å². The third-order valence-electron chi connectivity index (χ3n) is 4.19. The highest BCUT2D eigenvalue weighted by molar-refractivity contribution is 5.36. The molecule has 0 amide bonds. The molecule has 0 radical (unpaired) electrons. The quantitative estimate of drug-likeness (QED) is 0.577. The minimum absolute atomic E-state index is 0.0593. The van der Waals surface area contributed by atoms with Crippen molar-refractivity contribution in [3.63, 3.8) is 0 Å². The molecule has 1 atom stereocenters. The van der Waals surface area contributed by atoms with E-state index in [0.717, 1.165) is 12.1 Å². The normalized spacial score (nSPS) is 15.1. The molecule has 21 heavy (non-hydrogen) atoms. The maximum Gasteiger partial charge on any atom is 0.416 e. The van der Waals surface area contributed by atoms with E-state index in [1.54, 1.807) is 6.92 Å². The topological polar surface area (TPSA) is 0 Å². The highest BCUT2D eigenvalue weighted by atomic mass is 19.4. The first-order valence-corrected chi connectivity index (χ1v) is 6.58. The zero-order chi connectivity index (χ0) is 16.6. The Balaban J connectivity index is 3.46. The van der Waals surface area contributed by atoms with Gasteiger partial charge in [0, 0.05) is 0 Å². The van der Waals surface area contributed by atoms with Crippen molar-refractivity contribution in [2.75, 3.05) is 0 Å². The molecule has 0 saturated heterocycles. The van der Waals surface area contributed by atoms with E-state index < -0.39 is 34.8 Å². The number of rotatable bonds is 3. The van der Waals surface area contributed by atoms with E-state index in [-0.39, 0.29) is 11.6 Å². The second-order valence-electron chi connectivity index (χ2n) is 5.90. The first kappa shape index (κ1) is 17.9. The number of hydrogen-bond donors (Lipinski definition) is 0. The van der Waals surface area contributed by atoms with Gasteiger partial charge in [-0.25, -0.2) is 0 Å². The Hall–Kier alpha value is -1.20. The molecule has 0 aliphatic rings. The average Bonchev–Trinajstić information content (AvgIpc) is 2.35. The average molecular weight is 312 g/mol. The Labute approximate surface area is 120 Å². The van der Waals surface area contributed by atoms with Gasteiger partial charge in [-0.2, -0.15) is 26.3 Å². The fraction of sp³-hybridized carbons (Fsp3) is 0.600. The molecule has 1 aromatic rings. The summed E-state index contributed by atoms with van der Waals surface area (Å²) >= 11 is 0. The summed E-state index contributed by atoms with van der Waals surface area (Å²) < 4.78 is 76.9. The van der Waals surface area contributed by atoms with E-state index in [9.17, 15) is 26.3 Å². The fourth-order valence-corrected chi connectivity index (χ4v) is 1.99. The maximum absolute atomic E-state index is 12.8. The van der Waals surface area contributed by atoms with Crippen molar-refractivity contribution in [3.8, 4) is 0 Å². The zero-order valence-electron chi connectivity index (χ0n) is 12.3. The summed E-state index contributed by atoms with van der Waals surface area (Å²) in [6.45, 7) is 7.16. The van der Waals surface area contributed by atoms with Crippen molar-refractivity contribution in [1.29, 1.82) is 0 Å². The van der Waals surface area contributed by atoms with Crippen LogP contribution in [-0.2, 0) is 12.4 Å². The van der Waals surface area contributed by atoms with Crippen LogP contribution in [0.25, 0.3) is 0 Å². The van der Waals surface area contributed by atoms with Crippen LogP contribution >= 0.6 is 0 Å². The summed E-state index contributed by atoms with van der Waals surface area (Å²) in [7, 11) is 0. The molecule has 0 aliphatic heterocycles. The highest BCUT2D eigenvalue weighted by Crippen LogP contribution is 2.42. The van der Waals surface area contributed by atoms with Crippen LogP contribution in [0.4, 0.5) is 26.3 Å². The number of alkyl halides is 6. The van der Waals surface area contributed by atoms with E-state index in [2.05, 4.69) is 0 Å². The summed E-state index contributed by atoms with van der Waals surface area (Å²) in [5.41, 5.74) is -2.85. The Morgan fingerprint density at radius 2 is 1.24 bits per heavy atom. The van der Waals surface area contributed by atoms with Gasteiger partial charge in [0.1, 0.15) is 0 Å². The van der Waals surface area contributed by atoms with Crippen molar-refractivity contribution >= 4 is 0 Å². The lowest BCUT2D eigenvalue weighted by molar-refractivity contribution is -0.143. The van der Waals surface area contributed by atoms with Gasteiger partial charge in [0.25, 0.3) is 0 Å². The van der Waals surface area contributed by atoms with E-state index >= 15 is 0 Å². The molecule has 0 nitrogen and oxygen atoms in total. The molecule has 1 unspecified atom stereocenters. The van der Waals surface area contributed by atoms with Gasteiger partial charge in [-0.1, -0.05) is 34.1 Å². The molecule has 0 aliphatic carbocycles. The minimum atomic E-state index is -4.80. The molecule has 120 valence electrons. The number of benzene rings is 1. The molecular formula is C15H18F6. The van der Waals surface area contributed by atoms with E-state index in [1.165, 1.54) is 0 Å². The van der Waals surface area contributed by atoms with Crippen LogP contribution in [0.2, 0.25) is 0 Å². The highest BCUT2D eigenvalue weighted by Gasteiger charge is 2.38. The number of halogens is 6. The van der Waals surface area contributed by atoms with Gasteiger partial charge >= 0.3 is 12.4 Å². The largest absolute Gasteiger partial charge is 0.416 e. The van der Waals surface area contributed by atoms with Crippen LogP contribution in [0.5, 0.6) is 0 Å². The molecule has 6 heteroatoms. The monoisotopic (exact) mass is 312 g/mol. The predicted octanol–water partition coefficient (Wildman–Crippen LogP) is 6.26. The molecular weight excluding hydrogens is 294 g/mol. The van der Waals surface area contributed by atoms with Crippen molar-refractivity contribution in [1.82, 2.24) is 0 Å². The first-order valence-electron chi connectivity index (χ1n) is 6.58. The Bertz CT molecular complexity index is 464. The minimum Gasteiger partial charge on any atom is -0.166 e. The third kappa shape index (κ3) is 4.14. The predicted molar refractivity (Wildman–Crippen MR) is 68.9 cm³/mol. The second kappa shape index (κ2) is 5.54. The molecule has 1 rings (SSSR count). The van der Waals surface area contributed by atoms with E-state index in [1.807, 2.05) is 20.8 Å². The van der Waals surface area contributed by atoms with E-state index in [4.69, 9.17) is 0 Å². The maximum atomic E-state index is 12.8. The van der Waals surface area contributed by atoms with Crippen molar-refractivity contribution in [2.45, 2.75) is 52.4 Å². The van der Waals surface area contributed by atoms with Gasteiger partial charge < -0.3 is 0 Å². The lowest BCUT2D eigenvalue weighted by atomic mass is 9.74. The molecule has 0 bridgehead atoms. The lowest BCUT2D eigenvalue weighted by Crippen LogP contribution is -2.20. The summed E-state index contributed by atoms with van der Waals surface area (Å²) in [5, 5.41) is 0. The molecule has 0 heterocycles. The standard InChI is InChI=1S/C15H18F6/c1-5-13(3,4)9(2)10-6-11(14(16,17)18)8-12(7-10)15(19,20)21/h6-9H,5H2,1-4H3. The summed E-state index contributed by atoms with van der Waals surface area (Å²) in [6.07, 6.45) is -8.95. The summed E-state index contributed by atoms with van der Waals surface area (Å²) in [4.78, 5) is 0.